The summed E-state index contributed by atoms with van der Waals surface area (Å²) in [6.07, 6.45) is 2.58. The number of nitrogens with two attached hydrogens (primary N) is 1. The molecule has 96 valence electrons. The zero-order valence-electron chi connectivity index (χ0n) is 10.6. The molecule has 16 heavy (non-hydrogen) atoms. The zero-order valence-corrected chi connectivity index (χ0v) is 11.4. The molecule has 0 saturated heterocycles. The van der Waals surface area contributed by atoms with Gasteiger partial charge in [-0.15, -0.1) is 0 Å². The lowest BCUT2D eigenvalue weighted by atomic mass is 10.0. The minimum atomic E-state index is -0.868. The lowest BCUT2D eigenvalue weighted by Gasteiger charge is -2.23. The van der Waals surface area contributed by atoms with Gasteiger partial charge < -0.3 is 16.2 Å². The lowest BCUT2D eigenvalue weighted by molar-refractivity contribution is -0.123. The topological polar surface area (TPSA) is 75.3 Å². The van der Waals surface area contributed by atoms with Crippen LogP contribution in [-0.4, -0.2) is 41.2 Å². The predicted octanol–water partition coefficient (Wildman–Crippen LogP) is 0.590. The number of rotatable bonds is 7. The fourth-order valence-corrected chi connectivity index (χ4v) is 2.11. The molecule has 0 aliphatic carbocycles. The molecular weight excluding hydrogens is 224 g/mol. The Labute approximate surface area is 102 Å². The van der Waals surface area contributed by atoms with Crippen LogP contribution in [0.1, 0.15) is 27.2 Å². The molecular formula is C11H24N2O2S. The van der Waals surface area contributed by atoms with Crippen LogP contribution in [0.4, 0.5) is 0 Å². The second kappa shape index (κ2) is 7.14. The van der Waals surface area contributed by atoms with Crippen LogP contribution in [0.25, 0.3) is 0 Å². The van der Waals surface area contributed by atoms with Crippen LogP contribution in [0.5, 0.6) is 0 Å². The van der Waals surface area contributed by atoms with E-state index in [0.717, 1.165) is 0 Å². The van der Waals surface area contributed by atoms with E-state index in [-0.39, 0.29) is 12.5 Å². The van der Waals surface area contributed by atoms with Gasteiger partial charge in [0, 0.05) is 12.3 Å². The highest BCUT2D eigenvalue weighted by molar-refractivity contribution is 7.98. The van der Waals surface area contributed by atoms with Crippen LogP contribution in [0, 0.1) is 5.92 Å². The van der Waals surface area contributed by atoms with Crippen molar-refractivity contribution in [2.45, 2.75) is 38.8 Å². The van der Waals surface area contributed by atoms with Gasteiger partial charge in [-0.1, -0.05) is 13.8 Å². The molecule has 4 nitrogen and oxygen atoms in total. The van der Waals surface area contributed by atoms with Crippen molar-refractivity contribution in [2.75, 3.05) is 18.6 Å². The highest BCUT2D eigenvalue weighted by atomic mass is 32.2. The molecule has 0 aromatic heterocycles. The smallest absolute Gasteiger partial charge is 0.237 e. The van der Waals surface area contributed by atoms with Crippen molar-refractivity contribution in [1.29, 1.82) is 0 Å². The number of hydrogen-bond acceptors (Lipinski definition) is 4. The molecule has 0 spiro atoms. The maximum atomic E-state index is 11.6. The van der Waals surface area contributed by atoms with Crippen molar-refractivity contribution in [3.63, 3.8) is 0 Å². The zero-order chi connectivity index (χ0) is 12.8. The van der Waals surface area contributed by atoms with Gasteiger partial charge >= 0.3 is 0 Å². The van der Waals surface area contributed by atoms with Crippen LogP contribution in [-0.2, 0) is 4.79 Å². The Bertz CT molecular complexity index is 220. The van der Waals surface area contributed by atoms with E-state index < -0.39 is 11.6 Å². The molecule has 0 aliphatic heterocycles. The Morgan fingerprint density at radius 2 is 2.12 bits per heavy atom. The van der Waals surface area contributed by atoms with Gasteiger partial charge in [0.05, 0.1) is 11.6 Å². The van der Waals surface area contributed by atoms with Gasteiger partial charge in [-0.2, -0.15) is 11.8 Å². The van der Waals surface area contributed by atoms with E-state index in [0.29, 0.717) is 18.1 Å². The summed E-state index contributed by atoms with van der Waals surface area (Å²) in [6.45, 7) is 6.00. The van der Waals surface area contributed by atoms with Crippen molar-refractivity contribution in [2.24, 2.45) is 11.7 Å². The van der Waals surface area contributed by atoms with E-state index in [4.69, 9.17) is 5.73 Å². The largest absolute Gasteiger partial charge is 0.387 e. The molecule has 4 N–H and O–H groups in total. The summed E-state index contributed by atoms with van der Waals surface area (Å²) in [7, 11) is 0. The maximum Gasteiger partial charge on any atom is 0.237 e. The highest BCUT2D eigenvalue weighted by Gasteiger charge is 2.22. The van der Waals surface area contributed by atoms with Crippen LogP contribution < -0.4 is 11.1 Å². The van der Waals surface area contributed by atoms with Crippen LogP contribution in [0.3, 0.4) is 0 Å². The van der Waals surface area contributed by atoms with E-state index in [1.807, 2.05) is 20.1 Å². The van der Waals surface area contributed by atoms with Gasteiger partial charge in [-0.3, -0.25) is 4.79 Å². The number of carbonyl (C=O) groups excluding carboxylic acids is 1. The summed E-state index contributed by atoms with van der Waals surface area (Å²) >= 11 is 1.55. The molecule has 0 aliphatic rings. The van der Waals surface area contributed by atoms with Gasteiger partial charge in [0.15, 0.2) is 0 Å². The molecule has 1 amide bonds. The van der Waals surface area contributed by atoms with E-state index in [2.05, 4.69) is 5.32 Å². The third-order valence-electron chi connectivity index (χ3n) is 2.16. The first-order chi connectivity index (χ1) is 7.28. The first kappa shape index (κ1) is 15.7. The molecule has 0 aromatic carbocycles. The van der Waals surface area contributed by atoms with E-state index >= 15 is 0 Å². The van der Waals surface area contributed by atoms with Gasteiger partial charge in [-0.25, -0.2) is 0 Å². The van der Waals surface area contributed by atoms with Crippen LogP contribution >= 0.6 is 11.8 Å². The summed E-state index contributed by atoms with van der Waals surface area (Å²) in [6, 6.07) is -0.481. The van der Waals surface area contributed by atoms with Gasteiger partial charge in [-0.05, 0) is 25.5 Å². The molecule has 1 unspecified atom stereocenters. The third kappa shape index (κ3) is 7.09. The fraction of sp³-hybridized carbons (Fsp3) is 0.909. The maximum absolute atomic E-state index is 11.6. The van der Waals surface area contributed by atoms with Crippen molar-refractivity contribution in [1.82, 2.24) is 5.32 Å². The number of amides is 1. The summed E-state index contributed by atoms with van der Waals surface area (Å²) in [4.78, 5) is 11.6. The van der Waals surface area contributed by atoms with Gasteiger partial charge in [0.2, 0.25) is 5.91 Å². The third-order valence-corrected chi connectivity index (χ3v) is 3.07. The normalized spacial score (nSPS) is 16.9. The van der Waals surface area contributed by atoms with Crippen LogP contribution in [0.15, 0.2) is 0 Å². The van der Waals surface area contributed by atoms with Crippen molar-refractivity contribution in [3.8, 4) is 0 Å². The molecule has 2 atom stereocenters. The average molecular weight is 248 g/mol. The van der Waals surface area contributed by atoms with Gasteiger partial charge in [0.25, 0.3) is 0 Å². The minimum absolute atomic E-state index is 0.185. The standard InChI is InChI=1S/C11H24N2O2S/c1-8(2)5-9(12)10(14)13-6-11(3,15)7-16-4/h8-9,15H,5-7,12H2,1-4H3,(H,13,14)/t9-,11?/m1/s1. The Hall–Kier alpha value is -0.260. The second-order valence-electron chi connectivity index (χ2n) is 4.88. The number of aliphatic hydroxyl groups is 1. The monoisotopic (exact) mass is 248 g/mol. The van der Waals surface area contributed by atoms with Crippen molar-refractivity contribution < 1.29 is 9.90 Å². The highest BCUT2D eigenvalue weighted by Crippen LogP contribution is 2.09. The number of carbonyl (C=O) groups is 1. The summed E-state index contributed by atoms with van der Waals surface area (Å²) in [5.41, 5.74) is 4.85. The average Bonchev–Trinajstić information content (AvgIpc) is 2.13. The minimum Gasteiger partial charge on any atom is -0.387 e. The fourth-order valence-electron chi connectivity index (χ4n) is 1.39. The van der Waals surface area contributed by atoms with E-state index in [1.54, 1.807) is 18.7 Å². The molecule has 5 heteroatoms. The Kier molecular flexibility index (Phi) is 7.03. The second-order valence-corrected chi connectivity index (χ2v) is 5.75. The molecule has 0 saturated carbocycles. The molecule has 0 aromatic rings. The van der Waals surface area contributed by atoms with Crippen molar-refractivity contribution in [3.05, 3.63) is 0 Å². The molecule has 0 heterocycles. The first-order valence-electron chi connectivity index (χ1n) is 5.53. The van der Waals surface area contributed by atoms with Crippen LogP contribution in [0.2, 0.25) is 0 Å². The Balaban J connectivity index is 3.97. The SMILES string of the molecule is CSCC(C)(O)CNC(=O)[C@H](N)CC(C)C. The predicted molar refractivity (Wildman–Crippen MR) is 69.4 cm³/mol. The number of thioether (sulfide) groups is 1. The lowest BCUT2D eigenvalue weighted by Crippen LogP contribution is -2.48. The Morgan fingerprint density at radius 3 is 2.56 bits per heavy atom. The molecule has 0 radical (unpaired) electrons. The molecule has 0 bridgehead atoms. The quantitative estimate of drug-likeness (QED) is 0.616. The molecule has 0 rings (SSSR count). The number of nitrogens with one attached hydrogen (secondary N) is 1. The summed E-state index contributed by atoms with van der Waals surface area (Å²) < 4.78 is 0. The molecule has 0 fully saturated rings. The Morgan fingerprint density at radius 1 is 1.56 bits per heavy atom. The van der Waals surface area contributed by atoms with Crippen molar-refractivity contribution >= 4 is 17.7 Å². The number of hydrogen-bond donors (Lipinski definition) is 3. The first-order valence-corrected chi connectivity index (χ1v) is 6.92. The summed E-state index contributed by atoms with van der Waals surface area (Å²) in [5.74, 6) is 0.801. The van der Waals surface area contributed by atoms with E-state index in [1.165, 1.54) is 0 Å². The van der Waals surface area contributed by atoms with Gasteiger partial charge in [0.1, 0.15) is 0 Å². The van der Waals surface area contributed by atoms with E-state index in [9.17, 15) is 9.90 Å². The summed E-state index contributed by atoms with van der Waals surface area (Å²) in [5, 5.41) is 12.5.